The highest BCUT2D eigenvalue weighted by molar-refractivity contribution is 5.87. The Labute approximate surface area is 113 Å². The zero-order valence-electron chi connectivity index (χ0n) is 10.6. The van der Waals surface area contributed by atoms with Crippen LogP contribution in [-0.4, -0.2) is 66.7 Å². The molecule has 2 aliphatic rings. The molecule has 2 saturated heterocycles. The number of ether oxygens (including phenoxy) is 2. The molecule has 0 spiro atoms. The van der Waals surface area contributed by atoms with Gasteiger partial charge in [-0.2, -0.15) is 0 Å². The number of carbonyl (C=O) groups excluding carboxylic acids is 3. The fourth-order valence-corrected chi connectivity index (χ4v) is 2.06. The van der Waals surface area contributed by atoms with Crippen molar-refractivity contribution >= 4 is 18.3 Å². The van der Waals surface area contributed by atoms with Gasteiger partial charge in [0.25, 0.3) is 0 Å². The van der Waals surface area contributed by atoms with Crippen LogP contribution in [0.4, 0.5) is 23.2 Å². The van der Waals surface area contributed by atoms with E-state index in [2.05, 4.69) is 9.47 Å². The fraction of sp³-hybridized carbons (Fsp3) is 0.727. The van der Waals surface area contributed by atoms with Crippen molar-refractivity contribution in [2.24, 2.45) is 0 Å². The van der Waals surface area contributed by atoms with Crippen molar-refractivity contribution in [3.05, 3.63) is 0 Å². The molecule has 2 aliphatic heterocycles. The summed E-state index contributed by atoms with van der Waals surface area (Å²) in [7, 11) is 0. The average molecular weight is 292 g/mol. The summed E-state index contributed by atoms with van der Waals surface area (Å²) in [4.78, 5) is 36.0. The van der Waals surface area contributed by atoms with Gasteiger partial charge in [0.1, 0.15) is 12.3 Å². The molecular formula is C11H14F2N2O5. The van der Waals surface area contributed by atoms with Gasteiger partial charge in [0.15, 0.2) is 0 Å². The minimum absolute atomic E-state index is 0.136. The zero-order valence-corrected chi connectivity index (χ0v) is 10.6. The van der Waals surface area contributed by atoms with Crippen LogP contribution < -0.4 is 0 Å². The maximum Gasteiger partial charge on any atom is 0.526 e. The van der Waals surface area contributed by atoms with Gasteiger partial charge in [-0.05, 0) is 12.8 Å². The predicted molar refractivity (Wildman–Crippen MR) is 60.5 cm³/mol. The molecule has 2 unspecified atom stereocenters. The molecule has 0 aromatic heterocycles. The van der Waals surface area contributed by atoms with E-state index in [9.17, 15) is 23.2 Å². The van der Waals surface area contributed by atoms with Crippen LogP contribution in [0.25, 0.3) is 0 Å². The number of likely N-dealkylation sites (tertiary alicyclic amines) is 2. The topological polar surface area (TPSA) is 76.1 Å². The van der Waals surface area contributed by atoms with Gasteiger partial charge in [-0.25, -0.2) is 23.2 Å². The molecule has 0 radical (unpaired) electrons. The van der Waals surface area contributed by atoms with Gasteiger partial charge in [0, 0.05) is 13.1 Å². The lowest BCUT2D eigenvalue weighted by molar-refractivity contribution is 0.0673. The zero-order chi connectivity index (χ0) is 14.7. The number of amides is 2. The first kappa shape index (κ1) is 14.5. The van der Waals surface area contributed by atoms with Gasteiger partial charge in [-0.1, -0.05) is 0 Å². The highest BCUT2D eigenvalue weighted by Crippen LogP contribution is 2.15. The summed E-state index contributed by atoms with van der Waals surface area (Å²) in [6.45, 7) is -0.0425. The van der Waals surface area contributed by atoms with Gasteiger partial charge >= 0.3 is 18.3 Å². The molecule has 0 bridgehead atoms. The minimum atomic E-state index is -1.50. The largest absolute Gasteiger partial charge is 0.526 e. The molecule has 112 valence electrons. The standard InChI is InChI=1S/C11H14F2N2O5/c12-7-1-3-14(5-7)9(16)19-11(18)20-10(17)15-4-2-8(13)6-15/h7-8H,1-6H2. The Morgan fingerprint density at radius 3 is 1.55 bits per heavy atom. The number of rotatable bonds is 0. The van der Waals surface area contributed by atoms with Crippen molar-refractivity contribution in [1.29, 1.82) is 0 Å². The smallest absolute Gasteiger partial charge is 0.343 e. The van der Waals surface area contributed by atoms with Crippen molar-refractivity contribution in [2.75, 3.05) is 26.2 Å². The molecule has 7 nitrogen and oxygen atoms in total. The first-order valence-electron chi connectivity index (χ1n) is 6.21. The van der Waals surface area contributed by atoms with E-state index >= 15 is 0 Å². The second kappa shape index (κ2) is 6.02. The molecule has 0 aromatic carbocycles. The van der Waals surface area contributed by atoms with Gasteiger partial charge in [-0.3, -0.25) is 0 Å². The molecule has 2 heterocycles. The molecule has 2 amide bonds. The van der Waals surface area contributed by atoms with E-state index in [-0.39, 0.29) is 39.0 Å². The second-order valence-corrected chi connectivity index (χ2v) is 4.65. The summed E-state index contributed by atoms with van der Waals surface area (Å²) in [5, 5.41) is 0. The number of hydrogen-bond donors (Lipinski definition) is 0. The number of halogens is 2. The molecule has 2 rings (SSSR count). The third kappa shape index (κ3) is 3.55. The lowest BCUT2D eigenvalue weighted by Crippen LogP contribution is -2.35. The molecule has 0 aliphatic carbocycles. The van der Waals surface area contributed by atoms with Crippen LogP contribution in [0.1, 0.15) is 12.8 Å². The van der Waals surface area contributed by atoms with Crippen molar-refractivity contribution in [3.63, 3.8) is 0 Å². The molecule has 0 saturated carbocycles. The Kier molecular flexibility index (Phi) is 4.35. The second-order valence-electron chi connectivity index (χ2n) is 4.65. The highest BCUT2D eigenvalue weighted by atomic mass is 19.1. The van der Waals surface area contributed by atoms with Crippen molar-refractivity contribution in [1.82, 2.24) is 9.80 Å². The lowest BCUT2D eigenvalue weighted by atomic mass is 10.3. The van der Waals surface area contributed by atoms with Crippen LogP contribution in [0.5, 0.6) is 0 Å². The third-order valence-corrected chi connectivity index (χ3v) is 3.12. The van der Waals surface area contributed by atoms with E-state index in [0.717, 1.165) is 9.80 Å². The molecule has 2 atom stereocenters. The quantitative estimate of drug-likeness (QED) is 0.499. The van der Waals surface area contributed by atoms with Crippen LogP contribution in [-0.2, 0) is 9.47 Å². The third-order valence-electron chi connectivity index (χ3n) is 3.12. The monoisotopic (exact) mass is 292 g/mol. The molecule has 0 N–H and O–H groups in total. The Balaban J connectivity index is 1.74. The summed E-state index contributed by atoms with van der Waals surface area (Å²) < 4.78 is 34.2. The van der Waals surface area contributed by atoms with E-state index in [1.54, 1.807) is 0 Å². The summed E-state index contributed by atoms with van der Waals surface area (Å²) in [6.07, 6.45) is -5.56. The Morgan fingerprint density at radius 2 is 1.25 bits per heavy atom. The number of alkyl halides is 2. The first-order chi connectivity index (χ1) is 9.45. The molecule has 20 heavy (non-hydrogen) atoms. The number of nitrogens with zero attached hydrogens (tertiary/aromatic N) is 2. The van der Waals surface area contributed by atoms with Gasteiger partial charge < -0.3 is 19.3 Å². The van der Waals surface area contributed by atoms with Crippen molar-refractivity contribution < 1.29 is 32.6 Å². The molecule has 0 aromatic rings. The summed E-state index contributed by atoms with van der Waals surface area (Å²) in [6, 6.07) is 0. The van der Waals surface area contributed by atoms with Crippen LogP contribution >= 0.6 is 0 Å². The van der Waals surface area contributed by atoms with Crippen LogP contribution in [0.3, 0.4) is 0 Å². The summed E-state index contributed by atoms with van der Waals surface area (Å²) in [5.74, 6) is 0. The Morgan fingerprint density at radius 1 is 0.850 bits per heavy atom. The van der Waals surface area contributed by atoms with E-state index in [1.807, 2.05) is 0 Å². The first-order valence-corrected chi connectivity index (χ1v) is 6.21. The van der Waals surface area contributed by atoms with E-state index in [0.29, 0.717) is 0 Å². The predicted octanol–water partition coefficient (Wildman–Crippen LogP) is 1.47. The lowest BCUT2D eigenvalue weighted by Gasteiger charge is -2.15. The summed E-state index contributed by atoms with van der Waals surface area (Å²) >= 11 is 0. The highest BCUT2D eigenvalue weighted by Gasteiger charge is 2.32. The SMILES string of the molecule is O=C(OC(=O)N1CCC(F)C1)OC(=O)N1CCC(F)C1. The van der Waals surface area contributed by atoms with E-state index in [1.165, 1.54) is 0 Å². The van der Waals surface area contributed by atoms with E-state index in [4.69, 9.17) is 0 Å². The van der Waals surface area contributed by atoms with Gasteiger partial charge in [0.2, 0.25) is 0 Å². The van der Waals surface area contributed by atoms with Crippen LogP contribution in [0, 0.1) is 0 Å². The molecule has 9 heteroatoms. The van der Waals surface area contributed by atoms with Crippen LogP contribution in [0.15, 0.2) is 0 Å². The molecule has 2 fully saturated rings. The maximum absolute atomic E-state index is 12.9. The Hall–Kier alpha value is -1.93. The number of hydrogen-bond acceptors (Lipinski definition) is 5. The normalized spacial score (nSPS) is 25.7. The fourth-order valence-electron chi connectivity index (χ4n) is 2.06. The van der Waals surface area contributed by atoms with Crippen molar-refractivity contribution in [3.8, 4) is 0 Å². The minimum Gasteiger partial charge on any atom is -0.343 e. The number of carbonyl (C=O) groups is 3. The average Bonchev–Trinajstić information content (AvgIpc) is 2.97. The Bertz CT molecular complexity index is 384. The van der Waals surface area contributed by atoms with E-state index < -0.39 is 30.7 Å². The van der Waals surface area contributed by atoms with Gasteiger partial charge in [0.05, 0.1) is 13.1 Å². The van der Waals surface area contributed by atoms with Crippen LogP contribution in [0.2, 0.25) is 0 Å². The molecular weight excluding hydrogens is 278 g/mol. The summed E-state index contributed by atoms with van der Waals surface area (Å²) in [5.41, 5.74) is 0. The van der Waals surface area contributed by atoms with Gasteiger partial charge in [-0.15, -0.1) is 0 Å². The van der Waals surface area contributed by atoms with Crippen molar-refractivity contribution in [2.45, 2.75) is 25.2 Å². The maximum atomic E-state index is 12.9.